The Balaban J connectivity index is 2.00. The van der Waals surface area contributed by atoms with Crippen molar-refractivity contribution in [3.8, 4) is 16.9 Å². The molecular weight excluding hydrogens is 342 g/mol. The number of aryl methyl sites for hydroxylation is 1. The van der Waals surface area contributed by atoms with Gasteiger partial charge in [0.1, 0.15) is 0 Å². The first-order valence-electron chi connectivity index (χ1n) is 8.95. The van der Waals surface area contributed by atoms with Crippen molar-refractivity contribution < 1.29 is 4.79 Å². The van der Waals surface area contributed by atoms with Crippen molar-refractivity contribution in [3.05, 3.63) is 76.4 Å². The fourth-order valence-electron chi connectivity index (χ4n) is 3.91. The van der Waals surface area contributed by atoms with Crippen LogP contribution in [0.5, 0.6) is 0 Å². The Bertz CT molecular complexity index is 996. The summed E-state index contributed by atoms with van der Waals surface area (Å²) >= 11 is 6.08. The van der Waals surface area contributed by atoms with Crippen molar-refractivity contribution >= 4 is 17.4 Å². The number of benzene rings is 2. The maximum absolute atomic E-state index is 12.8. The van der Waals surface area contributed by atoms with Crippen LogP contribution in [-0.4, -0.2) is 10.4 Å². The molecular formula is C23H22ClNO. The summed E-state index contributed by atoms with van der Waals surface area (Å²) in [5, 5.41) is 0.712. The number of Topliss-reactive ketones (excluding diaryl/α,β-unsaturated/α-hetero) is 1. The minimum Gasteiger partial charge on any atom is -0.313 e. The van der Waals surface area contributed by atoms with Crippen LogP contribution in [0.2, 0.25) is 5.02 Å². The Hall–Kier alpha value is -2.32. The third kappa shape index (κ3) is 2.99. The Kier molecular flexibility index (Phi) is 4.04. The quantitative estimate of drug-likeness (QED) is 0.526. The van der Waals surface area contributed by atoms with E-state index in [1.54, 1.807) is 0 Å². The van der Waals surface area contributed by atoms with Crippen molar-refractivity contribution in [2.24, 2.45) is 5.41 Å². The van der Waals surface area contributed by atoms with Gasteiger partial charge in [-0.2, -0.15) is 0 Å². The normalized spacial score (nSPS) is 15.8. The largest absolute Gasteiger partial charge is 0.313 e. The fourth-order valence-corrected chi connectivity index (χ4v) is 4.03. The molecule has 132 valence electrons. The second-order valence-electron chi connectivity index (χ2n) is 8.01. The lowest BCUT2D eigenvalue weighted by molar-refractivity contribution is 0.0911. The maximum Gasteiger partial charge on any atom is 0.165 e. The Morgan fingerprint density at radius 3 is 2.42 bits per heavy atom. The predicted molar refractivity (Wildman–Crippen MR) is 107 cm³/mol. The van der Waals surface area contributed by atoms with Gasteiger partial charge in [-0.25, -0.2) is 0 Å². The standard InChI is InChI=1S/C23H22ClNO/c1-15-5-4-6-18(11-15)25-20(16-7-9-17(24)10-8-16)12-19-21(25)13-23(2,3)14-22(19)26/h4-12H,13-14H2,1-3H3. The van der Waals surface area contributed by atoms with Crippen LogP contribution in [-0.2, 0) is 6.42 Å². The first kappa shape index (κ1) is 17.1. The molecule has 0 saturated heterocycles. The van der Waals surface area contributed by atoms with Gasteiger partial charge in [0.2, 0.25) is 0 Å². The van der Waals surface area contributed by atoms with Crippen LogP contribution >= 0.6 is 11.6 Å². The molecule has 0 spiro atoms. The minimum absolute atomic E-state index is 0.0265. The van der Waals surface area contributed by atoms with Crippen molar-refractivity contribution in [3.63, 3.8) is 0 Å². The predicted octanol–water partition coefficient (Wildman–Crippen LogP) is 6.26. The van der Waals surface area contributed by atoms with Gasteiger partial charge < -0.3 is 4.57 Å². The number of hydrogen-bond acceptors (Lipinski definition) is 1. The lowest BCUT2D eigenvalue weighted by atomic mass is 9.76. The Morgan fingerprint density at radius 1 is 1.00 bits per heavy atom. The van der Waals surface area contributed by atoms with Crippen LogP contribution < -0.4 is 0 Å². The fraction of sp³-hybridized carbons (Fsp3) is 0.261. The average Bonchev–Trinajstić information content (AvgIpc) is 2.94. The van der Waals surface area contributed by atoms with E-state index in [2.05, 4.69) is 55.7 Å². The van der Waals surface area contributed by atoms with Crippen LogP contribution in [0, 0.1) is 12.3 Å². The van der Waals surface area contributed by atoms with Crippen LogP contribution in [0.1, 0.15) is 41.9 Å². The first-order valence-corrected chi connectivity index (χ1v) is 9.33. The summed E-state index contributed by atoms with van der Waals surface area (Å²) in [5.74, 6) is 0.234. The Morgan fingerprint density at radius 2 is 1.73 bits per heavy atom. The van der Waals surface area contributed by atoms with E-state index in [0.717, 1.165) is 34.6 Å². The summed E-state index contributed by atoms with van der Waals surface area (Å²) < 4.78 is 2.25. The number of halogens is 1. The number of carbonyl (C=O) groups excluding carboxylic acids is 1. The SMILES string of the molecule is Cc1cccc(-n2c(-c3ccc(Cl)cc3)cc3c2CC(C)(C)CC3=O)c1. The first-order chi connectivity index (χ1) is 12.3. The van der Waals surface area contributed by atoms with Gasteiger partial charge in [0, 0.05) is 28.4 Å². The molecule has 4 rings (SSSR count). The van der Waals surface area contributed by atoms with E-state index in [4.69, 9.17) is 11.6 Å². The molecule has 26 heavy (non-hydrogen) atoms. The van der Waals surface area contributed by atoms with Gasteiger partial charge in [-0.3, -0.25) is 4.79 Å². The monoisotopic (exact) mass is 363 g/mol. The van der Waals surface area contributed by atoms with Crippen LogP contribution in [0.3, 0.4) is 0 Å². The summed E-state index contributed by atoms with van der Waals surface area (Å²) in [5.41, 5.74) is 6.35. The minimum atomic E-state index is -0.0265. The molecule has 0 N–H and O–H groups in total. The van der Waals surface area contributed by atoms with E-state index in [-0.39, 0.29) is 11.2 Å². The van der Waals surface area contributed by atoms with E-state index < -0.39 is 0 Å². The number of fused-ring (bicyclic) bond motifs is 1. The topological polar surface area (TPSA) is 22.0 Å². The van der Waals surface area contributed by atoms with Gasteiger partial charge in [0.25, 0.3) is 0 Å². The van der Waals surface area contributed by atoms with Crippen molar-refractivity contribution in [1.82, 2.24) is 4.57 Å². The zero-order valence-electron chi connectivity index (χ0n) is 15.3. The van der Waals surface area contributed by atoms with Crippen LogP contribution in [0.15, 0.2) is 54.6 Å². The number of nitrogens with zero attached hydrogens (tertiary/aromatic N) is 1. The maximum atomic E-state index is 12.8. The highest BCUT2D eigenvalue weighted by molar-refractivity contribution is 6.30. The second-order valence-corrected chi connectivity index (χ2v) is 8.45. The summed E-state index contributed by atoms with van der Waals surface area (Å²) in [6.07, 6.45) is 1.48. The molecule has 3 aromatic rings. The van der Waals surface area contributed by atoms with Gasteiger partial charge in [-0.05, 0) is 60.2 Å². The third-order valence-corrected chi connectivity index (χ3v) is 5.34. The highest BCUT2D eigenvalue weighted by atomic mass is 35.5. The van der Waals surface area contributed by atoms with Crippen molar-refractivity contribution in [2.75, 3.05) is 0 Å². The molecule has 1 heterocycles. The number of aromatic nitrogens is 1. The van der Waals surface area contributed by atoms with Crippen molar-refractivity contribution in [1.29, 1.82) is 0 Å². The molecule has 1 aliphatic rings. The zero-order valence-corrected chi connectivity index (χ0v) is 16.1. The van der Waals surface area contributed by atoms with Gasteiger partial charge in [0.05, 0.1) is 5.69 Å². The molecule has 0 radical (unpaired) electrons. The summed E-state index contributed by atoms with van der Waals surface area (Å²) in [4.78, 5) is 12.8. The van der Waals surface area contributed by atoms with E-state index in [1.807, 2.05) is 24.3 Å². The Labute approximate surface area is 159 Å². The molecule has 0 bridgehead atoms. The highest BCUT2D eigenvalue weighted by Gasteiger charge is 2.34. The number of ketones is 1. The van der Waals surface area contributed by atoms with Gasteiger partial charge in [0.15, 0.2) is 5.78 Å². The van der Waals surface area contributed by atoms with Crippen LogP contribution in [0.4, 0.5) is 0 Å². The lowest BCUT2D eigenvalue weighted by Crippen LogP contribution is -2.27. The van der Waals surface area contributed by atoms with E-state index in [9.17, 15) is 4.79 Å². The number of carbonyl (C=O) groups is 1. The van der Waals surface area contributed by atoms with E-state index in [1.165, 1.54) is 5.56 Å². The summed E-state index contributed by atoms with van der Waals surface area (Å²) in [7, 11) is 0. The molecule has 0 saturated carbocycles. The van der Waals surface area contributed by atoms with Gasteiger partial charge >= 0.3 is 0 Å². The molecule has 0 unspecified atom stereocenters. The number of hydrogen-bond donors (Lipinski definition) is 0. The summed E-state index contributed by atoms with van der Waals surface area (Å²) in [6.45, 7) is 6.43. The lowest BCUT2D eigenvalue weighted by Gasteiger charge is -2.30. The molecule has 1 aromatic heterocycles. The molecule has 2 aromatic carbocycles. The molecule has 1 aliphatic carbocycles. The zero-order chi connectivity index (χ0) is 18.5. The second kappa shape index (κ2) is 6.14. The van der Waals surface area contributed by atoms with Crippen LogP contribution in [0.25, 0.3) is 16.9 Å². The van der Waals surface area contributed by atoms with E-state index in [0.29, 0.717) is 11.4 Å². The van der Waals surface area contributed by atoms with Gasteiger partial charge in [-0.15, -0.1) is 0 Å². The van der Waals surface area contributed by atoms with Crippen molar-refractivity contribution in [2.45, 2.75) is 33.6 Å². The smallest absolute Gasteiger partial charge is 0.165 e. The molecule has 0 amide bonds. The molecule has 0 fully saturated rings. The average molecular weight is 364 g/mol. The number of rotatable bonds is 2. The molecule has 3 heteroatoms. The van der Waals surface area contributed by atoms with Gasteiger partial charge in [-0.1, -0.05) is 49.7 Å². The third-order valence-electron chi connectivity index (χ3n) is 5.09. The molecule has 2 nitrogen and oxygen atoms in total. The van der Waals surface area contributed by atoms with E-state index >= 15 is 0 Å². The molecule has 0 aliphatic heterocycles. The summed E-state index contributed by atoms with van der Waals surface area (Å²) in [6, 6.07) is 18.3. The highest BCUT2D eigenvalue weighted by Crippen LogP contribution is 2.40. The molecule has 0 atom stereocenters.